The van der Waals surface area contributed by atoms with E-state index in [1.165, 1.54) is 43.5 Å². The lowest BCUT2D eigenvalue weighted by molar-refractivity contribution is 0.226. The molecule has 1 aliphatic carbocycles. The molecule has 1 aromatic carbocycles. The minimum absolute atomic E-state index is 0. The Balaban J connectivity index is 0.00000120. The van der Waals surface area contributed by atoms with Crippen molar-refractivity contribution in [2.45, 2.75) is 44.6 Å². The highest BCUT2D eigenvalue weighted by Gasteiger charge is 2.39. The van der Waals surface area contributed by atoms with E-state index in [2.05, 4.69) is 17.9 Å². The molecule has 1 saturated heterocycles. The minimum Gasteiger partial charge on any atom is -0.508 e. The first-order valence-electron chi connectivity index (χ1n) is 6.86. The molecule has 2 nitrogen and oxygen atoms in total. The van der Waals surface area contributed by atoms with Gasteiger partial charge >= 0.3 is 0 Å². The number of likely N-dealkylation sites (tertiary alicyclic amines) is 1. The summed E-state index contributed by atoms with van der Waals surface area (Å²) in [6.45, 7) is 4.67. The molecule has 0 unspecified atom stereocenters. The molecule has 1 fully saturated rings. The maximum absolute atomic E-state index is 10.1. The maximum Gasteiger partial charge on any atom is 0.119 e. The van der Waals surface area contributed by atoms with Crippen LogP contribution in [0.3, 0.4) is 0 Å². The molecule has 0 bridgehead atoms. The molecule has 0 amide bonds. The molecule has 100 valence electrons. The molecule has 2 atom stereocenters. The monoisotopic (exact) mass is 267 g/mol. The SMILES string of the molecule is CCCN1CC[C@H]2c3c(O)cccc3CC[C@H]21.Cl. The van der Waals surface area contributed by atoms with Crippen molar-refractivity contribution in [3.63, 3.8) is 0 Å². The third-order valence-electron chi connectivity index (χ3n) is 4.43. The molecule has 3 rings (SSSR count). The van der Waals surface area contributed by atoms with Crippen molar-refractivity contribution in [3.8, 4) is 5.75 Å². The summed E-state index contributed by atoms with van der Waals surface area (Å²) in [4.78, 5) is 2.63. The van der Waals surface area contributed by atoms with Gasteiger partial charge in [0.2, 0.25) is 0 Å². The fourth-order valence-electron chi connectivity index (χ4n) is 3.75. The van der Waals surface area contributed by atoms with Gasteiger partial charge in [-0.05, 0) is 50.4 Å². The van der Waals surface area contributed by atoms with Crippen LogP contribution >= 0.6 is 12.4 Å². The average molecular weight is 268 g/mol. The topological polar surface area (TPSA) is 23.5 Å². The van der Waals surface area contributed by atoms with Gasteiger partial charge in [0, 0.05) is 17.5 Å². The van der Waals surface area contributed by atoms with E-state index < -0.39 is 0 Å². The molecule has 1 aliphatic heterocycles. The minimum atomic E-state index is 0. The van der Waals surface area contributed by atoms with Crippen molar-refractivity contribution in [1.29, 1.82) is 0 Å². The number of hydrogen-bond donors (Lipinski definition) is 1. The van der Waals surface area contributed by atoms with Gasteiger partial charge in [0.05, 0.1) is 0 Å². The van der Waals surface area contributed by atoms with Gasteiger partial charge in [-0.1, -0.05) is 19.1 Å². The van der Waals surface area contributed by atoms with Crippen molar-refractivity contribution in [3.05, 3.63) is 29.3 Å². The lowest BCUT2D eigenvalue weighted by atomic mass is 9.79. The summed E-state index contributed by atoms with van der Waals surface area (Å²) in [5, 5.41) is 10.1. The molecule has 1 heterocycles. The van der Waals surface area contributed by atoms with Crippen LogP contribution in [0, 0.1) is 0 Å². The number of benzene rings is 1. The lowest BCUT2D eigenvalue weighted by Crippen LogP contribution is -2.35. The van der Waals surface area contributed by atoms with E-state index >= 15 is 0 Å². The van der Waals surface area contributed by atoms with Gasteiger partial charge in [-0.3, -0.25) is 4.90 Å². The first-order chi connectivity index (χ1) is 8.31. The Bertz CT molecular complexity index is 421. The molecule has 0 spiro atoms. The predicted molar refractivity (Wildman–Crippen MR) is 76.7 cm³/mol. The Hall–Kier alpha value is -0.730. The zero-order valence-electron chi connectivity index (χ0n) is 10.9. The third-order valence-corrected chi connectivity index (χ3v) is 4.43. The van der Waals surface area contributed by atoms with Gasteiger partial charge in [-0.15, -0.1) is 12.4 Å². The normalized spacial score (nSPS) is 26.3. The van der Waals surface area contributed by atoms with E-state index in [0.717, 1.165) is 6.42 Å². The zero-order valence-corrected chi connectivity index (χ0v) is 11.7. The second-order valence-corrected chi connectivity index (χ2v) is 5.39. The molecule has 2 aliphatic rings. The van der Waals surface area contributed by atoms with Crippen LogP contribution in [0.25, 0.3) is 0 Å². The molecule has 0 radical (unpaired) electrons. The van der Waals surface area contributed by atoms with Crippen molar-refractivity contribution < 1.29 is 5.11 Å². The number of rotatable bonds is 2. The summed E-state index contributed by atoms with van der Waals surface area (Å²) in [5.41, 5.74) is 2.63. The van der Waals surface area contributed by atoms with Crippen LogP contribution in [-0.4, -0.2) is 29.1 Å². The molecular formula is C15H22ClNO. The smallest absolute Gasteiger partial charge is 0.119 e. The maximum atomic E-state index is 10.1. The molecule has 1 N–H and O–H groups in total. The largest absolute Gasteiger partial charge is 0.508 e. The number of aryl methyl sites for hydroxylation is 1. The molecule has 0 aromatic heterocycles. The fourth-order valence-corrected chi connectivity index (χ4v) is 3.75. The molecule has 1 aromatic rings. The quantitative estimate of drug-likeness (QED) is 0.889. The fraction of sp³-hybridized carbons (Fsp3) is 0.600. The first kappa shape index (κ1) is 13.7. The lowest BCUT2D eigenvalue weighted by Gasteiger charge is -2.33. The van der Waals surface area contributed by atoms with Crippen molar-refractivity contribution >= 4 is 12.4 Å². The van der Waals surface area contributed by atoms with Gasteiger partial charge < -0.3 is 5.11 Å². The Kier molecular flexibility index (Phi) is 4.18. The Labute approximate surface area is 115 Å². The number of halogens is 1. The summed E-state index contributed by atoms with van der Waals surface area (Å²) in [7, 11) is 0. The van der Waals surface area contributed by atoms with Crippen LogP contribution in [0.5, 0.6) is 5.75 Å². The van der Waals surface area contributed by atoms with Crippen LogP contribution in [0.15, 0.2) is 18.2 Å². The Morgan fingerprint density at radius 2 is 2.17 bits per heavy atom. The summed E-state index contributed by atoms with van der Waals surface area (Å²) < 4.78 is 0. The molecule has 0 saturated carbocycles. The van der Waals surface area contributed by atoms with Crippen LogP contribution in [0.1, 0.15) is 43.2 Å². The second-order valence-electron chi connectivity index (χ2n) is 5.39. The van der Waals surface area contributed by atoms with Gasteiger partial charge in [-0.25, -0.2) is 0 Å². The number of fused-ring (bicyclic) bond motifs is 3. The van der Waals surface area contributed by atoms with Gasteiger partial charge in [0.1, 0.15) is 5.75 Å². The summed E-state index contributed by atoms with van der Waals surface area (Å²) >= 11 is 0. The third kappa shape index (κ3) is 2.12. The van der Waals surface area contributed by atoms with Crippen molar-refractivity contribution in [2.24, 2.45) is 0 Å². The molecular weight excluding hydrogens is 246 g/mol. The highest BCUT2D eigenvalue weighted by molar-refractivity contribution is 5.85. The standard InChI is InChI=1S/C15H21NO.ClH/c1-2-9-16-10-8-12-13(16)7-6-11-4-3-5-14(17)15(11)12;/h3-5,12-13,17H,2,6-10H2,1H3;1H/t12-,13-;/m1./s1. The predicted octanol–water partition coefficient (Wildman–Crippen LogP) is 3.33. The summed E-state index contributed by atoms with van der Waals surface area (Å²) in [6, 6.07) is 6.70. The van der Waals surface area contributed by atoms with Gasteiger partial charge in [0.25, 0.3) is 0 Å². The first-order valence-corrected chi connectivity index (χ1v) is 6.86. The van der Waals surface area contributed by atoms with E-state index in [9.17, 15) is 5.11 Å². The highest BCUT2D eigenvalue weighted by Crippen LogP contribution is 2.44. The second kappa shape index (κ2) is 5.50. The number of phenolic OH excluding ortho intramolecular Hbond substituents is 1. The highest BCUT2D eigenvalue weighted by atomic mass is 35.5. The average Bonchev–Trinajstić information content (AvgIpc) is 2.73. The van der Waals surface area contributed by atoms with E-state index in [-0.39, 0.29) is 12.4 Å². The Morgan fingerprint density at radius 1 is 1.33 bits per heavy atom. The zero-order chi connectivity index (χ0) is 11.8. The number of aromatic hydroxyl groups is 1. The van der Waals surface area contributed by atoms with Crippen LogP contribution in [0.2, 0.25) is 0 Å². The van der Waals surface area contributed by atoms with E-state index in [4.69, 9.17) is 0 Å². The van der Waals surface area contributed by atoms with E-state index in [0.29, 0.717) is 17.7 Å². The van der Waals surface area contributed by atoms with Gasteiger partial charge in [0.15, 0.2) is 0 Å². The van der Waals surface area contributed by atoms with Crippen molar-refractivity contribution in [2.75, 3.05) is 13.1 Å². The number of nitrogens with zero attached hydrogens (tertiary/aromatic N) is 1. The van der Waals surface area contributed by atoms with E-state index in [1.807, 2.05) is 12.1 Å². The molecule has 3 heteroatoms. The van der Waals surface area contributed by atoms with Gasteiger partial charge in [-0.2, -0.15) is 0 Å². The summed E-state index contributed by atoms with van der Waals surface area (Å²) in [6.07, 6.45) is 4.85. The molecule has 18 heavy (non-hydrogen) atoms. The number of hydrogen-bond acceptors (Lipinski definition) is 2. The van der Waals surface area contributed by atoms with Crippen LogP contribution < -0.4 is 0 Å². The Morgan fingerprint density at radius 3 is 2.94 bits per heavy atom. The summed E-state index contributed by atoms with van der Waals surface area (Å²) in [5.74, 6) is 1.10. The van der Waals surface area contributed by atoms with Crippen LogP contribution in [-0.2, 0) is 6.42 Å². The van der Waals surface area contributed by atoms with Crippen LogP contribution in [0.4, 0.5) is 0 Å². The number of phenols is 1. The van der Waals surface area contributed by atoms with E-state index in [1.54, 1.807) is 0 Å². The van der Waals surface area contributed by atoms with Crippen molar-refractivity contribution in [1.82, 2.24) is 4.90 Å².